The minimum atomic E-state index is -0.700. The van der Waals surface area contributed by atoms with Crippen molar-refractivity contribution in [3.8, 4) is 0 Å². The number of piperidine rings is 1. The smallest absolute Gasteiger partial charge is 0.227 e. The van der Waals surface area contributed by atoms with Gasteiger partial charge in [0, 0.05) is 13.1 Å². The molecule has 0 saturated carbocycles. The zero-order valence-electron chi connectivity index (χ0n) is 11.3. The van der Waals surface area contributed by atoms with Crippen LogP contribution < -0.4 is 16.4 Å². The van der Waals surface area contributed by atoms with E-state index in [4.69, 9.17) is 5.73 Å². The van der Waals surface area contributed by atoms with Gasteiger partial charge in [0.05, 0.1) is 10.8 Å². The van der Waals surface area contributed by atoms with Gasteiger partial charge >= 0.3 is 0 Å². The van der Waals surface area contributed by atoms with Crippen molar-refractivity contribution in [3.05, 3.63) is 0 Å². The van der Waals surface area contributed by atoms with Gasteiger partial charge in [-0.25, -0.2) is 0 Å². The Hall–Kier alpha value is -0.810. The van der Waals surface area contributed by atoms with E-state index in [1.807, 2.05) is 6.92 Å². The van der Waals surface area contributed by atoms with Gasteiger partial charge in [0.25, 0.3) is 0 Å². The number of nitrogens with two attached hydrogens (primary N) is 1. The van der Waals surface area contributed by atoms with E-state index in [9.17, 15) is 9.59 Å². The molecule has 106 valence electrons. The molecule has 0 spiro atoms. The van der Waals surface area contributed by atoms with Crippen molar-refractivity contribution in [1.29, 1.82) is 0 Å². The fourth-order valence-corrected chi connectivity index (χ4v) is 1.85. The minimum Gasteiger partial charge on any atom is -0.369 e. The second-order valence-corrected chi connectivity index (χ2v) is 5.77. The van der Waals surface area contributed by atoms with Crippen molar-refractivity contribution in [2.75, 3.05) is 19.6 Å². The van der Waals surface area contributed by atoms with Gasteiger partial charge in [0.1, 0.15) is 0 Å². The Morgan fingerprint density at radius 1 is 1.44 bits per heavy atom. The third-order valence-electron chi connectivity index (χ3n) is 3.50. The SMILES string of the molecule is CC(C)(CNC(=O)C1(C)CCCNC1)C(N)=O.Cl. The van der Waals surface area contributed by atoms with Crippen LogP contribution in [0.25, 0.3) is 0 Å². The molecule has 4 N–H and O–H groups in total. The summed E-state index contributed by atoms with van der Waals surface area (Å²) in [7, 11) is 0. The molecule has 18 heavy (non-hydrogen) atoms. The minimum absolute atomic E-state index is 0. The molecule has 0 aromatic carbocycles. The molecule has 2 amide bonds. The Labute approximate surface area is 115 Å². The van der Waals surface area contributed by atoms with Crippen LogP contribution in [-0.2, 0) is 9.59 Å². The van der Waals surface area contributed by atoms with Crippen molar-refractivity contribution in [2.24, 2.45) is 16.6 Å². The standard InChI is InChI=1S/C12H23N3O2.ClH/c1-11(2,9(13)16)7-15-10(17)12(3)5-4-6-14-8-12;/h14H,4-8H2,1-3H3,(H2,13,16)(H,15,17);1H. The zero-order chi connectivity index (χ0) is 13.1. The molecular weight excluding hydrogens is 254 g/mol. The summed E-state index contributed by atoms with van der Waals surface area (Å²) in [6.07, 6.45) is 1.88. The molecule has 1 saturated heterocycles. The van der Waals surface area contributed by atoms with E-state index in [-0.39, 0.29) is 30.3 Å². The fraction of sp³-hybridized carbons (Fsp3) is 0.833. The number of rotatable bonds is 4. The van der Waals surface area contributed by atoms with E-state index >= 15 is 0 Å². The quantitative estimate of drug-likeness (QED) is 0.697. The predicted octanol–water partition coefficient (Wildman–Crippen LogP) is 0.426. The van der Waals surface area contributed by atoms with E-state index in [1.165, 1.54) is 0 Å². The lowest BCUT2D eigenvalue weighted by Crippen LogP contribution is -2.51. The fourth-order valence-electron chi connectivity index (χ4n) is 1.85. The number of halogens is 1. The number of hydrogen-bond acceptors (Lipinski definition) is 3. The molecule has 1 fully saturated rings. The van der Waals surface area contributed by atoms with Crippen LogP contribution in [-0.4, -0.2) is 31.4 Å². The molecule has 6 heteroatoms. The monoisotopic (exact) mass is 277 g/mol. The number of primary amides is 1. The van der Waals surface area contributed by atoms with Crippen LogP contribution in [0.2, 0.25) is 0 Å². The summed E-state index contributed by atoms with van der Waals surface area (Å²) >= 11 is 0. The highest BCUT2D eigenvalue weighted by atomic mass is 35.5. The lowest BCUT2D eigenvalue weighted by Gasteiger charge is -2.33. The van der Waals surface area contributed by atoms with Crippen LogP contribution in [0, 0.1) is 10.8 Å². The molecule has 1 atom stereocenters. The zero-order valence-corrected chi connectivity index (χ0v) is 12.2. The molecule has 0 aromatic rings. The highest BCUT2D eigenvalue weighted by Crippen LogP contribution is 2.25. The second-order valence-electron chi connectivity index (χ2n) is 5.77. The normalized spacial score (nSPS) is 23.9. The first-order valence-corrected chi connectivity index (χ1v) is 6.07. The van der Waals surface area contributed by atoms with Crippen LogP contribution in [0.15, 0.2) is 0 Å². The molecule has 0 aliphatic carbocycles. The van der Waals surface area contributed by atoms with Gasteiger partial charge in [-0.1, -0.05) is 0 Å². The van der Waals surface area contributed by atoms with Crippen LogP contribution >= 0.6 is 12.4 Å². The Morgan fingerprint density at radius 3 is 2.50 bits per heavy atom. The average molecular weight is 278 g/mol. The molecule has 1 unspecified atom stereocenters. The molecule has 1 heterocycles. The van der Waals surface area contributed by atoms with Gasteiger partial charge in [-0.05, 0) is 40.2 Å². The maximum absolute atomic E-state index is 12.1. The third kappa shape index (κ3) is 4.14. The first kappa shape index (κ1) is 17.2. The van der Waals surface area contributed by atoms with Gasteiger partial charge in [-0.3, -0.25) is 9.59 Å². The first-order valence-electron chi connectivity index (χ1n) is 6.07. The van der Waals surface area contributed by atoms with Gasteiger partial charge in [-0.15, -0.1) is 12.4 Å². The second kappa shape index (κ2) is 6.38. The third-order valence-corrected chi connectivity index (χ3v) is 3.50. The molecule has 0 aromatic heterocycles. The van der Waals surface area contributed by atoms with E-state index < -0.39 is 11.3 Å². The Morgan fingerprint density at radius 2 is 2.06 bits per heavy atom. The van der Waals surface area contributed by atoms with Crippen LogP contribution in [0.1, 0.15) is 33.6 Å². The number of carbonyl (C=O) groups is 2. The summed E-state index contributed by atoms with van der Waals surface area (Å²) in [5.41, 5.74) is 4.20. The van der Waals surface area contributed by atoms with E-state index in [1.54, 1.807) is 13.8 Å². The van der Waals surface area contributed by atoms with Crippen LogP contribution in [0.3, 0.4) is 0 Å². The van der Waals surface area contributed by atoms with E-state index in [0.717, 1.165) is 19.4 Å². The van der Waals surface area contributed by atoms with Crippen LogP contribution in [0.5, 0.6) is 0 Å². The molecule has 1 aliphatic rings. The molecule has 5 nitrogen and oxygen atoms in total. The summed E-state index contributed by atoms with van der Waals surface area (Å²) in [4.78, 5) is 23.2. The summed E-state index contributed by atoms with van der Waals surface area (Å²) in [5.74, 6) is -0.399. The van der Waals surface area contributed by atoms with Crippen molar-refractivity contribution in [3.63, 3.8) is 0 Å². The number of hydrogen-bond donors (Lipinski definition) is 3. The van der Waals surface area contributed by atoms with E-state index in [2.05, 4.69) is 10.6 Å². The number of nitrogens with one attached hydrogen (secondary N) is 2. The molecule has 1 rings (SSSR count). The van der Waals surface area contributed by atoms with Crippen molar-refractivity contribution in [1.82, 2.24) is 10.6 Å². The summed E-state index contributed by atoms with van der Waals surface area (Å²) in [6, 6.07) is 0. The molecule has 0 bridgehead atoms. The van der Waals surface area contributed by atoms with E-state index in [0.29, 0.717) is 6.54 Å². The maximum Gasteiger partial charge on any atom is 0.227 e. The first-order chi connectivity index (χ1) is 7.78. The van der Waals surface area contributed by atoms with Gasteiger partial charge < -0.3 is 16.4 Å². The topological polar surface area (TPSA) is 84.2 Å². The lowest BCUT2D eigenvalue weighted by atomic mass is 9.81. The number of carbonyl (C=O) groups excluding carboxylic acids is 2. The highest BCUT2D eigenvalue weighted by molar-refractivity contribution is 5.85. The molecular formula is C12H24ClN3O2. The number of amides is 2. The van der Waals surface area contributed by atoms with Crippen molar-refractivity contribution in [2.45, 2.75) is 33.6 Å². The maximum atomic E-state index is 12.1. The Bertz CT molecular complexity index is 312. The average Bonchev–Trinajstić information content (AvgIpc) is 2.26. The van der Waals surface area contributed by atoms with Crippen molar-refractivity contribution < 1.29 is 9.59 Å². The molecule has 0 radical (unpaired) electrons. The van der Waals surface area contributed by atoms with Gasteiger partial charge in [-0.2, -0.15) is 0 Å². The lowest BCUT2D eigenvalue weighted by molar-refractivity contribution is -0.132. The predicted molar refractivity (Wildman–Crippen MR) is 73.4 cm³/mol. The van der Waals surface area contributed by atoms with Crippen molar-refractivity contribution >= 4 is 24.2 Å². The summed E-state index contributed by atoms with van der Waals surface area (Å²) < 4.78 is 0. The Kier molecular flexibility index (Phi) is 6.10. The highest BCUT2D eigenvalue weighted by Gasteiger charge is 2.36. The van der Waals surface area contributed by atoms with Gasteiger partial charge in [0.15, 0.2) is 0 Å². The van der Waals surface area contributed by atoms with Gasteiger partial charge in [0.2, 0.25) is 11.8 Å². The van der Waals surface area contributed by atoms with Crippen LogP contribution in [0.4, 0.5) is 0 Å². The largest absolute Gasteiger partial charge is 0.369 e. The summed E-state index contributed by atoms with van der Waals surface area (Å²) in [5, 5.41) is 6.06. The summed E-state index contributed by atoms with van der Waals surface area (Å²) in [6.45, 7) is 7.36. The Balaban J connectivity index is 0.00000289. The molecule has 1 aliphatic heterocycles.